The van der Waals surface area contributed by atoms with Gasteiger partial charge in [0.15, 0.2) is 0 Å². The molecule has 7 heavy (non-hydrogen) atoms. The summed E-state index contributed by atoms with van der Waals surface area (Å²) in [4.78, 5) is 3.69. The van der Waals surface area contributed by atoms with Gasteiger partial charge in [-0.25, -0.2) is 0 Å². The fourth-order valence-electron chi connectivity index (χ4n) is 0.125. The molecule has 0 unspecified atom stereocenters. The van der Waals surface area contributed by atoms with Gasteiger partial charge in [0, 0.05) is 12.4 Å². The quantitative estimate of drug-likeness (QED) is 0.528. The highest BCUT2D eigenvalue weighted by molar-refractivity contribution is 14.1. The van der Waals surface area contributed by atoms with Crippen molar-refractivity contribution in [2.45, 2.75) is 0 Å². The molecule has 0 spiro atoms. The summed E-state index contributed by atoms with van der Waals surface area (Å²) in [6.45, 7) is 0. The van der Waals surface area contributed by atoms with E-state index in [2.05, 4.69) is 4.99 Å². The van der Waals surface area contributed by atoms with Gasteiger partial charge in [0.25, 0.3) is 0 Å². The van der Waals surface area contributed by atoms with Crippen LogP contribution in [0.5, 0.6) is 0 Å². The van der Waals surface area contributed by atoms with E-state index in [4.69, 9.17) is 5.41 Å². The van der Waals surface area contributed by atoms with E-state index in [1.807, 2.05) is 22.6 Å². The van der Waals surface area contributed by atoms with Crippen LogP contribution in [-0.2, 0) is 0 Å². The van der Waals surface area contributed by atoms with Crippen LogP contribution in [0, 0.1) is 5.41 Å². The molecule has 0 aromatic carbocycles. The molecule has 0 heterocycles. The van der Waals surface area contributed by atoms with Crippen LogP contribution < -0.4 is 0 Å². The van der Waals surface area contributed by atoms with E-state index in [0.29, 0.717) is 0 Å². The molecule has 0 rings (SSSR count). The highest BCUT2D eigenvalue weighted by atomic mass is 127. The third kappa shape index (κ3) is 5.81. The summed E-state index contributed by atoms with van der Waals surface area (Å²) < 4.78 is 1.64. The summed E-state index contributed by atoms with van der Waals surface area (Å²) in [6.07, 6.45) is 4.29. The number of aliphatic imine (C=N–C) groups is 1. The van der Waals surface area contributed by atoms with E-state index in [1.54, 1.807) is 16.5 Å². The molecular weight excluding hydrogens is 203 g/mol. The zero-order chi connectivity index (χ0) is 5.54. The predicted molar refractivity (Wildman–Crippen MR) is 40.4 cm³/mol. The average Bonchev–Trinajstić information content (AvgIpc) is 1.69. The number of rotatable bonds is 2. The fourth-order valence-corrected chi connectivity index (χ4v) is 0.311. The highest BCUT2D eigenvalue weighted by Gasteiger charge is 1.54. The van der Waals surface area contributed by atoms with Crippen LogP contribution in [0.2, 0.25) is 0 Å². The van der Waals surface area contributed by atoms with Crippen molar-refractivity contribution in [3.05, 3.63) is 12.3 Å². The molecule has 0 aliphatic carbocycles. The molecule has 0 aromatic heterocycles. The van der Waals surface area contributed by atoms with E-state index >= 15 is 0 Å². The Hall–Kier alpha value is -0.190. The largest absolute Gasteiger partial charge is 0.309 e. The standard InChI is InChI=1S/C4H5IN2/c5-4-7-3-1-2-6/h1-4,6H/b3-1-,6-2?,7-4?. The summed E-state index contributed by atoms with van der Waals surface area (Å²) in [7, 11) is 0. The zero-order valence-electron chi connectivity index (χ0n) is 3.63. The zero-order valence-corrected chi connectivity index (χ0v) is 5.79. The average molecular weight is 208 g/mol. The fraction of sp³-hybridized carbons (Fsp3) is 0. The predicted octanol–water partition coefficient (Wildman–Crippen LogP) is 1.61. The topological polar surface area (TPSA) is 36.2 Å². The molecule has 0 amide bonds. The SMILES string of the molecule is N=C/C=C\N=CI. The molecule has 0 radical (unpaired) electrons. The minimum atomic E-state index is 1.18. The molecule has 38 valence electrons. The van der Waals surface area contributed by atoms with Crippen LogP contribution >= 0.6 is 22.6 Å². The van der Waals surface area contributed by atoms with Gasteiger partial charge in [-0.3, -0.25) is 4.99 Å². The van der Waals surface area contributed by atoms with E-state index in [9.17, 15) is 0 Å². The molecule has 0 aliphatic rings. The van der Waals surface area contributed by atoms with Crippen LogP contribution in [0.3, 0.4) is 0 Å². The summed E-state index contributed by atoms with van der Waals surface area (Å²) in [5, 5.41) is 6.49. The Kier molecular flexibility index (Phi) is 5.65. The van der Waals surface area contributed by atoms with Gasteiger partial charge in [0.2, 0.25) is 0 Å². The van der Waals surface area contributed by atoms with Crippen molar-refractivity contribution in [1.29, 1.82) is 5.41 Å². The molecule has 0 saturated heterocycles. The minimum Gasteiger partial charge on any atom is -0.309 e. The second-order valence-electron chi connectivity index (χ2n) is 0.755. The Bertz CT molecular complexity index is 95.9. The Balaban J connectivity index is 3.27. The van der Waals surface area contributed by atoms with Crippen molar-refractivity contribution in [2.24, 2.45) is 4.99 Å². The number of hydrogen-bond acceptors (Lipinski definition) is 2. The molecule has 0 fully saturated rings. The van der Waals surface area contributed by atoms with Crippen LogP contribution in [-0.4, -0.2) is 10.4 Å². The molecule has 0 aromatic rings. The van der Waals surface area contributed by atoms with E-state index in [1.165, 1.54) is 6.21 Å². The highest BCUT2D eigenvalue weighted by Crippen LogP contribution is 1.73. The second-order valence-corrected chi connectivity index (χ2v) is 1.31. The normalized spacial score (nSPS) is 11.0. The third-order valence-electron chi connectivity index (χ3n) is 0.325. The smallest absolute Gasteiger partial charge is 0.0651 e. The lowest BCUT2D eigenvalue weighted by Gasteiger charge is -1.64. The number of halogens is 1. The summed E-state index contributed by atoms with van der Waals surface area (Å²) in [6, 6.07) is 0. The first-order chi connectivity index (χ1) is 3.41. The molecule has 2 nitrogen and oxygen atoms in total. The molecular formula is C4H5IN2. The first-order valence-corrected chi connectivity index (χ1v) is 2.94. The van der Waals surface area contributed by atoms with Gasteiger partial charge >= 0.3 is 0 Å². The number of hydrogen-bond donors (Lipinski definition) is 1. The van der Waals surface area contributed by atoms with Gasteiger partial charge in [-0.15, -0.1) is 0 Å². The van der Waals surface area contributed by atoms with Crippen molar-refractivity contribution in [2.75, 3.05) is 0 Å². The lowest BCUT2D eigenvalue weighted by Crippen LogP contribution is -1.53. The maximum Gasteiger partial charge on any atom is 0.0651 e. The Morgan fingerprint density at radius 2 is 2.29 bits per heavy atom. The van der Waals surface area contributed by atoms with E-state index in [-0.39, 0.29) is 0 Å². The Morgan fingerprint density at radius 3 is 2.71 bits per heavy atom. The monoisotopic (exact) mass is 208 g/mol. The molecule has 0 bridgehead atoms. The van der Waals surface area contributed by atoms with Crippen LogP contribution in [0.4, 0.5) is 0 Å². The summed E-state index contributed by atoms with van der Waals surface area (Å²) in [5.41, 5.74) is 0. The maximum atomic E-state index is 6.49. The van der Waals surface area contributed by atoms with Crippen molar-refractivity contribution in [3.8, 4) is 0 Å². The lowest BCUT2D eigenvalue weighted by atomic mass is 10.7. The number of allylic oxidation sites excluding steroid dienone is 1. The van der Waals surface area contributed by atoms with Gasteiger partial charge in [0.1, 0.15) is 0 Å². The van der Waals surface area contributed by atoms with Crippen LogP contribution in [0.25, 0.3) is 0 Å². The van der Waals surface area contributed by atoms with Crippen LogP contribution in [0.1, 0.15) is 0 Å². The first-order valence-electron chi connectivity index (χ1n) is 1.69. The molecule has 0 atom stereocenters. The summed E-state index contributed by atoms with van der Waals surface area (Å²) in [5.74, 6) is 0. The van der Waals surface area contributed by atoms with Crippen LogP contribution in [0.15, 0.2) is 17.3 Å². The van der Waals surface area contributed by atoms with Crippen molar-refractivity contribution in [3.63, 3.8) is 0 Å². The third-order valence-corrected chi connectivity index (χ3v) is 0.646. The molecule has 0 aliphatic heterocycles. The van der Waals surface area contributed by atoms with Crippen molar-refractivity contribution >= 4 is 33.0 Å². The first kappa shape index (κ1) is 6.81. The Morgan fingerprint density at radius 1 is 1.57 bits per heavy atom. The molecule has 1 N–H and O–H groups in total. The van der Waals surface area contributed by atoms with Crippen molar-refractivity contribution in [1.82, 2.24) is 0 Å². The summed E-state index contributed by atoms with van der Waals surface area (Å²) >= 11 is 2.01. The lowest BCUT2D eigenvalue weighted by molar-refractivity contribution is 1.56. The molecule has 0 saturated carbocycles. The van der Waals surface area contributed by atoms with Gasteiger partial charge in [-0.1, -0.05) is 0 Å². The van der Waals surface area contributed by atoms with Gasteiger partial charge < -0.3 is 5.41 Å². The van der Waals surface area contributed by atoms with Gasteiger partial charge in [-0.05, 0) is 28.7 Å². The molecule has 3 heteroatoms. The van der Waals surface area contributed by atoms with E-state index < -0.39 is 0 Å². The second kappa shape index (κ2) is 5.81. The van der Waals surface area contributed by atoms with Crippen molar-refractivity contribution < 1.29 is 0 Å². The number of nitrogens with zero attached hydrogens (tertiary/aromatic N) is 1. The van der Waals surface area contributed by atoms with Gasteiger partial charge in [0.05, 0.1) is 4.22 Å². The van der Waals surface area contributed by atoms with Gasteiger partial charge in [-0.2, -0.15) is 0 Å². The maximum absolute atomic E-state index is 6.49. The Labute approximate surface area is 56.0 Å². The van der Waals surface area contributed by atoms with E-state index in [0.717, 1.165) is 0 Å². The number of nitrogens with one attached hydrogen (secondary N) is 1. The minimum absolute atomic E-state index is 1.18.